The number of hydrogen-bond acceptors (Lipinski definition) is 5. The number of rotatable bonds is 4. The molecular formula is C19H15N3O3. The number of para-hydroxylation sites is 1. The summed E-state index contributed by atoms with van der Waals surface area (Å²) in [5.74, 6) is 0.535. The summed E-state index contributed by atoms with van der Waals surface area (Å²) < 4.78 is 12.3. The van der Waals surface area contributed by atoms with E-state index in [-0.39, 0.29) is 6.54 Å². The van der Waals surface area contributed by atoms with Crippen molar-refractivity contribution in [3.8, 4) is 17.0 Å². The number of methoxy groups -OCH3 is 1. The lowest BCUT2D eigenvalue weighted by atomic mass is 10.1. The second-order valence-electron chi connectivity index (χ2n) is 5.61. The van der Waals surface area contributed by atoms with Gasteiger partial charge in [-0.1, -0.05) is 47.7 Å². The van der Waals surface area contributed by atoms with Gasteiger partial charge in [0.25, 0.3) is 0 Å². The zero-order chi connectivity index (χ0) is 17.2. The first-order chi connectivity index (χ1) is 12.2. The largest absolute Gasteiger partial charge is 0.493 e. The highest BCUT2D eigenvalue weighted by atomic mass is 16.5. The standard InChI is InChI=1S/C19H15N3O3/c1-24-17-9-5-8-14-10-15(19(23)25-18(14)17)11-22-12-16(20-21-22)13-6-3-2-4-7-13/h2-10,12H,11H2,1H3. The van der Waals surface area contributed by atoms with Gasteiger partial charge in [0, 0.05) is 10.9 Å². The molecular weight excluding hydrogens is 318 g/mol. The van der Waals surface area contributed by atoms with E-state index in [1.54, 1.807) is 23.9 Å². The summed E-state index contributed by atoms with van der Waals surface area (Å²) in [6.45, 7) is 0.287. The van der Waals surface area contributed by atoms with Crippen LogP contribution in [0.4, 0.5) is 0 Å². The minimum absolute atomic E-state index is 0.287. The Balaban J connectivity index is 1.68. The Morgan fingerprint density at radius 1 is 1.12 bits per heavy atom. The molecule has 2 heterocycles. The summed E-state index contributed by atoms with van der Waals surface area (Å²) in [6.07, 6.45) is 1.81. The summed E-state index contributed by atoms with van der Waals surface area (Å²) in [5, 5.41) is 9.07. The monoisotopic (exact) mass is 333 g/mol. The maximum atomic E-state index is 12.3. The van der Waals surface area contributed by atoms with E-state index < -0.39 is 5.63 Å². The number of ether oxygens (including phenoxy) is 1. The maximum Gasteiger partial charge on any atom is 0.341 e. The Morgan fingerprint density at radius 2 is 1.96 bits per heavy atom. The molecule has 0 bridgehead atoms. The third-order valence-electron chi connectivity index (χ3n) is 3.96. The van der Waals surface area contributed by atoms with E-state index in [1.807, 2.05) is 48.7 Å². The highest BCUT2D eigenvalue weighted by Gasteiger charge is 2.11. The third kappa shape index (κ3) is 2.89. The average Bonchev–Trinajstić information content (AvgIpc) is 3.11. The molecule has 0 amide bonds. The summed E-state index contributed by atoms with van der Waals surface area (Å²) >= 11 is 0. The Bertz CT molecular complexity index is 1080. The second-order valence-corrected chi connectivity index (χ2v) is 5.61. The Kier molecular flexibility index (Phi) is 3.78. The molecule has 0 N–H and O–H groups in total. The molecule has 0 aliphatic carbocycles. The zero-order valence-corrected chi connectivity index (χ0v) is 13.5. The van der Waals surface area contributed by atoms with Gasteiger partial charge in [-0.3, -0.25) is 0 Å². The number of benzene rings is 2. The number of aromatic nitrogens is 3. The summed E-state index contributed by atoms with van der Waals surface area (Å²) in [5.41, 5.74) is 2.28. The lowest BCUT2D eigenvalue weighted by molar-refractivity contribution is 0.406. The molecule has 0 fully saturated rings. The van der Waals surface area contributed by atoms with Crippen molar-refractivity contribution in [1.82, 2.24) is 15.0 Å². The van der Waals surface area contributed by atoms with Gasteiger partial charge < -0.3 is 9.15 Å². The SMILES string of the molecule is COc1cccc2cc(Cn3cc(-c4ccccc4)nn3)c(=O)oc12. The molecule has 6 nitrogen and oxygen atoms in total. The summed E-state index contributed by atoms with van der Waals surface area (Å²) in [4.78, 5) is 12.3. The zero-order valence-electron chi connectivity index (χ0n) is 13.5. The molecule has 0 atom stereocenters. The smallest absolute Gasteiger partial charge is 0.341 e. The predicted molar refractivity (Wildman–Crippen MR) is 93.6 cm³/mol. The van der Waals surface area contributed by atoms with Crippen LogP contribution in [0.2, 0.25) is 0 Å². The van der Waals surface area contributed by atoms with Gasteiger partial charge in [0.15, 0.2) is 11.3 Å². The van der Waals surface area contributed by atoms with Crippen LogP contribution in [0.25, 0.3) is 22.2 Å². The van der Waals surface area contributed by atoms with Crippen LogP contribution < -0.4 is 10.4 Å². The van der Waals surface area contributed by atoms with Crippen LogP contribution in [0.1, 0.15) is 5.56 Å². The molecule has 0 radical (unpaired) electrons. The van der Waals surface area contributed by atoms with Crippen molar-refractivity contribution in [1.29, 1.82) is 0 Å². The first kappa shape index (κ1) is 15.1. The van der Waals surface area contributed by atoms with Crippen molar-refractivity contribution < 1.29 is 9.15 Å². The van der Waals surface area contributed by atoms with E-state index in [2.05, 4.69) is 10.3 Å². The lowest BCUT2D eigenvalue weighted by Gasteiger charge is -2.05. The highest BCUT2D eigenvalue weighted by molar-refractivity contribution is 5.82. The van der Waals surface area contributed by atoms with Gasteiger partial charge >= 0.3 is 5.63 Å². The third-order valence-corrected chi connectivity index (χ3v) is 3.96. The minimum Gasteiger partial charge on any atom is -0.493 e. The van der Waals surface area contributed by atoms with Crippen LogP contribution in [0.15, 0.2) is 70.0 Å². The van der Waals surface area contributed by atoms with E-state index in [9.17, 15) is 4.79 Å². The van der Waals surface area contributed by atoms with Crippen LogP contribution >= 0.6 is 0 Å². The molecule has 0 saturated carbocycles. The van der Waals surface area contributed by atoms with Gasteiger partial charge in [-0.25, -0.2) is 9.48 Å². The molecule has 2 aromatic heterocycles. The van der Waals surface area contributed by atoms with E-state index in [0.717, 1.165) is 16.6 Å². The predicted octanol–water partition coefficient (Wildman–Crippen LogP) is 3.11. The van der Waals surface area contributed by atoms with Gasteiger partial charge in [0.05, 0.1) is 25.4 Å². The molecule has 4 aromatic rings. The number of fused-ring (bicyclic) bond motifs is 1. The van der Waals surface area contributed by atoms with Crippen LogP contribution in [-0.4, -0.2) is 22.1 Å². The first-order valence-electron chi connectivity index (χ1n) is 7.80. The lowest BCUT2D eigenvalue weighted by Crippen LogP contribution is -2.12. The topological polar surface area (TPSA) is 70.2 Å². The van der Waals surface area contributed by atoms with Gasteiger partial charge in [0.2, 0.25) is 0 Å². The Labute approximate surface area is 143 Å². The van der Waals surface area contributed by atoms with E-state index in [1.165, 1.54) is 0 Å². The highest BCUT2D eigenvalue weighted by Crippen LogP contribution is 2.24. The van der Waals surface area contributed by atoms with Crippen LogP contribution in [0.5, 0.6) is 5.75 Å². The maximum absolute atomic E-state index is 12.3. The molecule has 6 heteroatoms. The normalized spacial score (nSPS) is 10.9. The fourth-order valence-electron chi connectivity index (χ4n) is 2.72. The molecule has 0 saturated heterocycles. The van der Waals surface area contributed by atoms with E-state index >= 15 is 0 Å². The van der Waals surface area contributed by atoms with E-state index in [0.29, 0.717) is 16.9 Å². The molecule has 0 unspecified atom stereocenters. The van der Waals surface area contributed by atoms with Crippen molar-refractivity contribution in [3.63, 3.8) is 0 Å². The first-order valence-corrected chi connectivity index (χ1v) is 7.80. The van der Waals surface area contributed by atoms with Crippen molar-refractivity contribution in [2.24, 2.45) is 0 Å². The molecule has 0 aliphatic rings. The van der Waals surface area contributed by atoms with Crippen LogP contribution in [0, 0.1) is 0 Å². The van der Waals surface area contributed by atoms with Gasteiger partial charge in [-0.15, -0.1) is 5.10 Å². The molecule has 0 spiro atoms. The molecule has 124 valence electrons. The summed E-state index contributed by atoms with van der Waals surface area (Å²) in [7, 11) is 1.54. The molecule has 4 rings (SSSR count). The van der Waals surface area contributed by atoms with Gasteiger partial charge in [-0.2, -0.15) is 0 Å². The van der Waals surface area contributed by atoms with E-state index in [4.69, 9.17) is 9.15 Å². The summed E-state index contributed by atoms with van der Waals surface area (Å²) in [6, 6.07) is 17.1. The fraction of sp³-hybridized carbons (Fsp3) is 0.105. The van der Waals surface area contributed by atoms with Crippen molar-refractivity contribution in [2.75, 3.05) is 7.11 Å². The van der Waals surface area contributed by atoms with Gasteiger partial charge in [-0.05, 0) is 12.1 Å². The van der Waals surface area contributed by atoms with Crippen LogP contribution in [-0.2, 0) is 6.54 Å². The molecule has 0 aliphatic heterocycles. The molecule has 2 aromatic carbocycles. The average molecular weight is 333 g/mol. The van der Waals surface area contributed by atoms with Gasteiger partial charge in [0.1, 0.15) is 5.69 Å². The fourth-order valence-corrected chi connectivity index (χ4v) is 2.72. The quantitative estimate of drug-likeness (QED) is 0.537. The van der Waals surface area contributed by atoms with Crippen molar-refractivity contribution in [2.45, 2.75) is 6.54 Å². The van der Waals surface area contributed by atoms with Crippen LogP contribution in [0.3, 0.4) is 0 Å². The minimum atomic E-state index is -0.409. The Hall–Kier alpha value is -3.41. The Morgan fingerprint density at radius 3 is 2.76 bits per heavy atom. The number of hydrogen-bond donors (Lipinski definition) is 0. The second kappa shape index (κ2) is 6.24. The van der Waals surface area contributed by atoms with Crippen molar-refractivity contribution >= 4 is 11.0 Å². The van der Waals surface area contributed by atoms with Crippen molar-refractivity contribution in [3.05, 3.63) is 76.8 Å². The molecule has 25 heavy (non-hydrogen) atoms. The number of nitrogens with zero attached hydrogens (tertiary/aromatic N) is 3.